The van der Waals surface area contributed by atoms with E-state index < -0.39 is 0 Å². The zero-order valence-electron chi connectivity index (χ0n) is 3.53. The van der Waals surface area contributed by atoms with Crippen LogP contribution >= 0.6 is 22.9 Å². The first kappa shape index (κ1) is 3.16. The molecule has 0 unspecified atom stereocenters. The lowest BCUT2D eigenvalue weighted by Gasteiger charge is -1.78. The van der Waals surface area contributed by atoms with E-state index in [4.69, 9.17) is 1.41 Å². The Labute approximate surface area is 47.1 Å². The van der Waals surface area contributed by atoms with Crippen LogP contribution in [0, 0.1) is 18.9 Å². The van der Waals surface area contributed by atoms with E-state index >= 15 is 0 Å². The predicted molar refractivity (Wildman–Crippen MR) is 30.3 cm³/mol. The van der Waals surface area contributed by atoms with E-state index in [0.29, 0.717) is 0 Å². The van der Waals surface area contributed by atoms with E-state index in [1.54, 1.807) is 22.9 Å². The molecule has 0 aromatic rings. The van der Waals surface area contributed by atoms with Gasteiger partial charge in [0.15, 0.2) is 1.41 Å². The van der Waals surface area contributed by atoms with Gasteiger partial charge in [-0.15, -0.1) is 0 Å². The Morgan fingerprint density at radius 2 is 2.80 bits per heavy atom. The Morgan fingerprint density at radius 1 is 2.20 bits per heavy atom. The van der Waals surface area contributed by atoms with Crippen molar-refractivity contribution in [2.24, 2.45) is 0 Å². The molecule has 0 aromatic heterocycles. The van der Waals surface area contributed by atoms with Crippen LogP contribution in [0.4, 0.5) is 0 Å². The summed E-state index contributed by atoms with van der Waals surface area (Å²) in [5.74, 6) is 2.30. The van der Waals surface area contributed by atoms with Crippen LogP contribution in [0.1, 0.15) is 0 Å². The van der Waals surface area contributed by atoms with Crippen LogP contribution in [0.5, 0.6) is 0 Å². The predicted octanol–water partition coefficient (Wildman–Crippen LogP) is 0.721. The van der Waals surface area contributed by atoms with Gasteiger partial charge in [0, 0.05) is 22.9 Å². The molecule has 0 aliphatic heterocycles. The number of nitrogens with one attached hydrogen (secondary N) is 1. The molecule has 0 amide bonds. The fraction of sp³-hybridized carbons (Fsp3) is 0. The minimum atomic E-state index is 0.977. The number of halogens is 1. The second-order valence-electron chi connectivity index (χ2n) is 0.373. The summed E-state index contributed by atoms with van der Waals surface area (Å²) in [6.45, 7) is 3.20. The van der Waals surface area contributed by atoms with E-state index in [1.165, 1.54) is 0 Å². The molecule has 0 heterocycles. The molecule has 1 nitrogen and oxygen atoms in total. The van der Waals surface area contributed by atoms with Crippen LogP contribution in [0.3, 0.4) is 0 Å². The summed E-state index contributed by atoms with van der Waals surface area (Å²) in [6.07, 6.45) is 0. The van der Waals surface area contributed by atoms with Gasteiger partial charge in [-0.3, -0.25) is 5.92 Å². The first-order valence-electron chi connectivity index (χ1n) is 1.44. The van der Waals surface area contributed by atoms with Gasteiger partial charge in [-0.25, -0.2) is 6.04 Å². The lowest BCUT2D eigenvalue weighted by Crippen LogP contribution is -1.76. The van der Waals surface area contributed by atoms with Crippen molar-refractivity contribution in [3.63, 3.8) is 0 Å². The van der Waals surface area contributed by atoms with Gasteiger partial charge >= 0.3 is 0 Å². The van der Waals surface area contributed by atoms with E-state index in [0.717, 1.165) is 3.52 Å². The van der Waals surface area contributed by atoms with E-state index in [2.05, 4.69) is 18.9 Å². The molecule has 5 heavy (non-hydrogen) atoms. The largest absolute Gasteiger partial charge is 0.380 e. The molecule has 28 valence electrons. The van der Waals surface area contributed by atoms with Crippen molar-refractivity contribution >= 4 is 22.9 Å². The van der Waals surface area contributed by atoms with Crippen molar-refractivity contribution in [3.05, 3.63) is 6.92 Å². The van der Waals surface area contributed by atoms with Gasteiger partial charge in [0.1, 0.15) is 0 Å². The van der Waals surface area contributed by atoms with E-state index in [-0.39, 0.29) is 0 Å². The van der Waals surface area contributed by atoms with Gasteiger partial charge in [-0.2, -0.15) is 6.92 Å². The minimum absolute atomic E-state index is 0.977. The van der Waals surface area contributed by atoms with Crippen molar-refractivity contribution in [2.75, 3.05) is 0 Å². The third kappa shape index (κ3) is 3.96. The fourth-order valence-corrected chi connectivity index (χ4v) is 0.200. The first-order valence-corrected chi connectivity index (χ1v) is 1.96. The van der Waals surface area contributed by atoms with Crippen molar-refractivity contribution in [3.8, 4) is 12.0 Å². The Hall–Kier alpha value is -0.0400. The third-order valence-electron chi connectivity index (χ3n) is 0.121. The molecule has 1 N–H and O–H groups in total. The smallest absolute Gasteiger partial charge is 0.157 e. The quantitative estimate of drug-likeness (QED) is 0.191. The van der Waals surface area contributed by atoms with Crippen molar-refractivity contribution in [2.45, 2.75) is 0 Å². The molecule has 0 aliphatic carbocycles. The van der Waals surface area contributed by atoms with E-state index in [9.17, 15) is 0 Å². The molecule has 0 spiro atoms. The van der Waals surface area contributed by atoms with Crippen molar-refractivity contribution in [1.82, 2.24) is 3.52 Å². The monoisotopic (exact) mass is 182 g/mol. The maximum Gasteiger partial charge on any atom is 0.157 e. The van der Waals surface area contributed by atoms with Crippen LogP contribution in [-0.4, -0.2) is 0 Å². The highest BCUT2D eigenvalue weighted by molar-refractivity contribution is 14.1. The maximum absolute atomic E-state index is 6.58. The zero-order chi connectivity index (χ0) is 4.99. The zero-order valence-corrected chi connectivity index (χ0v) is 4.69. The molecule has 0 saturated carbocycles. The molecule has 2 heteroatoms. The fourth-order valence-electron chi connectivity index (χ4n) is 0.0299. The summed E-state index contributed by atoms with van der Waals surface area (Å²) >= 11 is 1.73. The molecule has 0 fully saturated rings. The van der Waals surface area contributed by atoms with Crippen molar-refractivity contribution < 1.29 is 1.41 Å². The van der Waals surface area contributed by atoms with Crippen LogP contribution in [0.25, 0.3) is 0 Å². The number of hydrogen-bond donors (Lipinski definition) is 1. The Bertz CT molecular complexity index is 80.5. The molecule has 0 rings (SSSR count). The summed E-state index contributed by atoms with van der Waals surface area (Å²) in [6, 6.07) is 2.33. The summed E-state index contributed by atoms with van der Waals surface area (Å²) in [7, 11) is 0. The molecule has 0 aliphatic rings. The second-order valence-corrected chi connectivity index (χ2v) is 0.856. The first-order chi connectivity index (χ1) is 2.77. The standard InChI is InChI=1S/C3H3IN/c1-2-3-5-4/h5H,1H2/q-1/i/hT. The number of hydrogen-bond acceptors (Lipinski definition) is 1. The lowest BCUT2D eigenvalue weighted by molar-refractivity contribution is 1.61. The van der Waals surface area contributed by atoms with Gasteiger partial charge in [-0.05, 0) is 0 Å². The summed E-state index contributed by atoms with van der Waals surface area (Å²) in [5, 5.41) is 0. The molecule has 0 radical (unpaired) electrons. The summed E-state index contributed by atoms with van der Waals surface area (Å²) in [4.78, 5) is 0. The average Bonchev–Trinajstić information content (AvgIpc) is 1.35. The molecule has 0 saturated heterocycles. The van der Waals surface area contributed by atoms with Crippen LogP contribution in [0.2, 0.25) is 1.41 Å². The van der Waals surface area contributed by atoms with Crippen LogP contribution in [-0.2, 0) is 0 Å². The van der Waals surface area contributed by atoms with Gasteiger partial charge in [0.05, 0.1) is 0 Å². The third-order valence-corrected chi connectivity index (χ3v) is 0.363. The van der Waals surface area contributed by atoms with Crippen LogP contribution < -0.4 is 3.52 Å². The minimum Gasteiger partial charge on any atom is -0.380 e. The molecule has 0 atom stereocenters. The Kier molecular flexibility index (Phi) is 2.50. The molecular weight excluding hydrogens is 177 g/mol. The molecule has 0 aromatic carbocycles. The normalized spacial score (nSPS) is 7.00. The Morgan fingerprint density at radius 3 is 2.80 bits per heavy atom. The molecular formula is C3H3IN-. The Balaban J connectivity index is 3.20. The van der Waals surface area contributed by atoms with Gasteiger partial charge in [-0.1, -0.05) is 0 Å². The summed E-state index contributed by atoms with van der Waals surface area (Å²) < 4.78 is 7.56. The average molecular weight is 182 g/mol. The highest BCUT2D eigenvalue weighted by atomic mass is 127. The molecule has 0 bridgehead atoms. The second kappa shape index (κ2) is 3.96. The summed E-state index contributed by atoms with van der Waals surface area (Å²) in [5.41, 5.74) is 0. The van der Waals surface area contributed by atoms with Gasteiger partial charge in [0.25, 0.3) is 0 Å². The highest BCUT2D eigenvalue weighted by Gasteiger charge is 1.30. The number of rotatable bonds is 0. The van der Waals surface area contributed by atoms with Crippen LogP contribution in [0.15, 0.2) is 0 Å². The van der Waals surface area contributed by atoms with E-state index in [1.807, 2.05) is 0 Å². The SMILES string of the molecule is [3H]N(I)C#C[CH2-]. The highest BCUT2D eigenvalue weighted by Crippen LogP contribution is 1.58. The van der Waals surface area contributed by atoms with Gasteiger partial charge in [0.2, 0.25) is 0 Å². The maximum atomic E-state index is 6.58. The van der Waals surface area contributed by atoms with Gasteiger partial charge < -0.3 is 3.52 Å². The topological polar surface area (TPSA) is 12.0 Å². The lowest BCUT2D eigenvalue weighted by atomic mass is 10.8. The van der Waals surface area contributed by atoms with Crippen molar-refractivity contribution in [1.29, 1.82) is 0 Å².